The number of rotatable bonds is 5. The fourth-order valence-electron chi connectivity index (χ4n) is 1.92. The molecule has 1 fully saturated rings. The number of aromatic amines is 1. The molecule has 114 valence electrons. The minimum Gasteiger partial charge on any atom is -0.353 e. The maximum absolute atomic E-state index is 11.9. The van der Waals surface area contributed by atoms with Gasteiger partial charge in [-0.05, 0) is 18.4 Å². The summed E-state index contributed by atoms with van der Waals surface area (Å²) in [6.45, 7) is 0.388. The molecule has 1 heterocycles. The molecule has 0 spiro atoms. The van der Waals surface area contributed by atoms with Crippen molar-refractivity contribution in [3.8, 4) is 0 Å². The fraction of sp³-hybridized carbons (Fsp3) is 0.267. The molecule has 1 aromatic heterocycles. The van der Waals surface area contributed by atoms with Crippen LogP contribution < -0.4 is 21.5 Å². The number of amides is 2. The number of carbonyl (C=O) groups is 1. The Morgan fingerprint density at radius 3 is 2.73 bits per heavy atom. The fourth-order valence-corrected chi connectivity index (χ4v) is 1.92. The SMILES string of the molecule is O=C(NCc1ccccc1)Nc1cnc(NC2CC2)[nH]c1=O. The summed E-state index contributed by atoms with van der Waals surface area (Å²) in [5, 5.41) is 8.27. The van der Waals surface area contributed by atoms with E-state index in [0.29, 0.717) is 18.5 Å². The van der Waals surface area contributed by atoms with Crippen LogP contribution in [0.25, 0.3) is 0 Å². The number of aromatic nitrogens is 2. The van der Waals surface area contributed by atoms with Gasteiger partial charge in [-0.1, -0.05) is 30.3 Å². The van der Waals surface area contributed by atoms with Crippen molar-refractivity contribution in [3.05, 3.63) is 52.4 Å². The van der Waals surface area contributed by atoms with Crippen molar-refractivity contribution in [2.75, 3.05) is 10.6 Å². The van der Waals surface area contributed by atoms with E-state index in [4.69, 9.17) is 0 Å². The number of anilines is 2. The molecular weight excluding hydrogens is 282 g/mol. The topological polar surface area (TPSA) is 98.9 Å². The molecule has 2 amide bonds. The molecule has 1 aromatic carbocycles. The molecule has 2 aromatic rings. The minimum atomic E-state index is -0.445. The highest BCUT2D eigenvalue weighted by atomic mass is 16.2. The number of carbonyl (C=O) groups excluding carboxylic acids is 1. The smallest absolute Gasteiger partial charge is 0.319 e. The standard InChI is InChI=1S/C15H17N5O2/c21-13-12(9-16-14(20-13)18-11-6-7-11)19-15(22)17-8-10-4-2-1-3-5-10/h1-5,9,11H,6-8H2,(H2,17,19,22)(H2,16,18,20,21). The van der Waals surface area contributed by atoms with Crippen LogP contribution in [0.3, 0.4) is 0 Å². The van der Waals surface area contributed by atoms with Crippen LogP contribution in [-0.2, 0) is 6.54 Å². The third-order valence-corrected chi connectivity index (χ3v) is 3.26. The van der Waals surface area contributed by atoms with Crippen LogP contribution in [0, 0.1) is 0 Å². The van der Waals surface area contributed by atoms with Crippen molar-refractivity contribution in [2.24, 2.45) is 0 Å². The average Bonchev–Trinajstić information content (AvgIpc) is 3.33. The van der Waals surface area contributed by atoms with E-state index in [0.717, 1.165) is 18.4 Å². The Bertz CT molecular complexity index is 709. The van der Waals surface area contributed by atoms with Crippen molar-refractivity contribution in [3.63, 3.8) is 0 Å². The molecule has 7 heteroatoms. The molecule has 1 saturated carbocycles. The second-order valence-corrected chi connectivity index (χ2v) is 5.19. The summed E-state index contributed by atoms with van der Waals surface area (Å²) in [6.07, 6.45) is 3.53. The third kappa shape index (κ3) is 3.85. The van der Waals surface area contributed by atoms with Gasteiger partial charge >= 0.3 is 6.03 Å². The van der Waals surface area contributed by atoms with Gasteiger partial charge < -0.3 is 16.0 Å². The molecule has 3 rings (SSSR count). The van der Waals surface area contributed by atoms with E-state index in [1.165, 1.54) is 6.20 Å². The number of benzene rings is 1. The van der Waals surface area contributed by atoms with Gasteiger partial charge in [0.05, 0.1) is 6.20 Å². The summed E-state index contributed by atoms with van der Waals surface area (Å²) < 4.78 is 0. The molecule has 1 aliphatic carbocycles. The van der Waals surface area contributed by atoms with Crippen LogP contribution in [0.2, 0.25) is 0 Å². The highest BCUT2D eigenvalue weighted by Gasteiger charge is 2.21. The summed E-state index contributed by atoms with van der Waals surface area (Å²) in [6, 6.07) is 9.48. The second-order valence-electron chi connectivity index (χ2n) is 5.19. The molecule has 0 radical (unpaired) electrons. The second kappa shape index (κ2) is 6.30. The van der Waals surface area contributed by atoms with Crippen molar-refractivity contribution < 1.29 is 4.79 Å². The van der Waals surface area contributed by atoms with Crippen LogP contribution >= 0.6 is 0 Å². The van der Waals surface area contributed by atoms with E-state index in [2.05, 4.69) is 25.9 Å². The van der Waals surface area contributed by atoms with E-state index in [9.17, 15) is 9.59 Å². The van der Waals surface area contributed by atoms with Crippen LogP contribution in [0.4, 0.5) is 16.4 Å². The lowest BCUT2D eigenvalue weighted by molar-refractivity contribution is 0.251. The van der Waals surface area contributed by atoms with Gasteiger partial charge in [0.25, 0.3) is 5.56 Å². The predicted molar refractivity (Wildman–Crippen MR) is 83.8 cm³/mol. The van der Waals surface area contributed by atoms with Crippen LogP contribution in [0.15, 0.2) is 41.3 Å². The summed E-state index contributed by atoms with van der Waals surface area (Å²) in [5.41, 5.74) is 0.716. The number of nitrogens with one attached hydrogen (secondary N) is 4. The average molecular weight is 299 g/mol. The number of urea groups is 1. The molecule has 0 atom stereocenters. The zero-order chi connectivity index (χ0) is 15.4. The molecule has 0 saturated heterocycles. The van der Waals surface area contributed by atoms with E-state index in [1.54, 1.807) is 0 Å². The third-order valence-electron chi connectivity index (χ3n) is 3.26. The first-order chi connectivity index (χ1) is 10.7. The Morgan fingerprint density at radius 1 is 1.27 bits per heavy atom. The Labute approximate surface area is 127 Å². The molecule has 0 aliphatic heterocycles. The maximum atomic E-state index is 11.9. The quantitative estimate of drug-likeness (QED) is 0.675. The van der Waals surface area contributed by atoms with Crippen LogP contribution in [0.5, 0.6) is 0 Å². The summed E-state index contributed by atoms with van der Waals surface area (Å²) in [5.74, 6) is 0.433. The molecule has 7 nitrogen and oxygen atoms in total. The highest BCUT2D eigenvalue weighted by Crippen LogP contribution is 2.22. The Hall–Kier alpha value is -2.83. The van der Waals surface area contributed by atoms with E-state index >= 15 is 0 Å². The van der Waals surface area contributed by atoms with Crippen molar-refractivity contribution in [1.82, 2.24) is 15.3 Å². The number of nitrogens with zero attached hydrogens (tertiary/aromatic N) is 1. The molecule has 0 unspecified atom stereocenters. The molecule has 0 bridgehead atoms. The highest BCUT2D eigenvalue weighted by molar-refractivity contribution is 5.88. The monoisotopic (exact) mass is 299 g/mol. The summed E-state index contributed by atoms with van der Waals surface area (Å²) >= 11 is 0. The zero-order valence-electron chi connectivity index (χ0n) is 11.9. The van der Waals surface area contributed by atoms with Gasteiger partial charge in [-0.15, -0.1) is 0 Å². The lowest BCUT2D eigenvalue weighted by Crippen LogP contribution is -2.31. The summed E-state index contributed by atoms with van der Waals surface area (Å²) in [4.78, 5) is 30.4. The van der Waals surface area contributed by atoms with Gasteiger partial charge in [0.15, 0.2) is 0 Å². The first-order valence-corrected chi connectivity index (χ1v) is 7.15. The van der Waals surface area contributed by atoms with Crippen LogP contribution in [0.1, 0.15) is 18.4 Å². The van der Waals surface area contributed by atoms with Gasteiger partial charge in [0, 0.05) is 12.6 Å². The number of hydrogen-bond acceptors (Lipinski definition) is 4. The van der Waals surface area contributed by atoms with Gasteiger partial charge in [0.1, 0.15) is 5.69 Å². The van der Waals surface area contributed by atoms with E-state index in [-0.39, 0.29) is 11.2 Å². The number of H-pyrrole nitrogens is 1. The first-order valence-electron chi connectivity index (χ1n) is 7.15. The first kappa shape index (κ1) is 14.1. The van der Waals surface area contributed by atoms with Gasteiger partial charge in [0.2, 0.25) is 5.95 Å². The zero-order valence-corrected chi connectivity index (χ0v) is 11.9. The maximum Gasteiger partial charge on any atom is 0.319 e. The predicted octanol–water partition coefficient (Wildman–Crippen LogP) is 1.67. The Morgan fingerprint density at radius 2 is 2.05 bits per heavy atom. The van der Waals surface area contributed by atoms with E-state index < -0.39 is 6.03 Å². The molecular formula is C15H17N5O2. The number of hydrogen-bond donors (Lipinski definition) is 4. The van der Waals surface area contributed by atoms with Crippen molar-refractivity contribution in [2.45, 2.75) is 25.4 Å². The lowest BCUT2D eigenvalue weighted by atomic mass is 10.2. The van der Waals surface area contributed by atoms with Crippen LogP contribution in [-0.4, -0.2) is 22.0 Å². The largest absolute Gasteiger partial charge is 0.353 e. The van der Waals surface area contributed by atoms with Crippen molar-refractivity contribution >= 4 is 17.7 Å². The van der Waals surface area contributed by atoms with Gasteiger partial charge in [-0.3, -0.25) is 9.78 Å². The molecule has 22 heavy (non-hydrogen) atoms. The Kier molecular flexibility index (Phi) is 4.04. The minimum absolute atomic E-state index is 0.118. The normalized spacial score (nSPS) is 13.5. The lowest BCUT2D eigenvalue weighted by Gasteiger charge is -2.08. The Balaban J connectivity index is 1.55. The van der Waals surface area contributed by atoms with E-state index in [1.807, 2.05) is 30.3 Å². The van der Waals surface area contributed by atoms with Crippen molar-refractivity contribution in [1.29, 1.82) is 0 Å². The molecule has 4 N–H and O–H groups in total. The van der Waals surface area contributed by atoms with Gasteiger partial charge in [-0.25, -0.2) is 9.78 Å². The van der Waals surface area contributed by atoms with Gasteiger partial charge in [-0.2, -0.15) is 0 Å². The summed E-state index contributed by atoms with van der Waals surface area (Å²) in [7, 11) is 0. The molecule has 1 aliphatic rings.